The van der Waals surface area contributed by atoms with Gasteiger partial charge in [-0.1, -0.05) is 26.1 Å². The van der Waals surface area contributed by atoms with Crippen LogP contribution in [-0.4, -0.2) is 67.9 Å². The number of nitriles is 1. The summed E-state index contributed by atoms with van der Waals surface area (Å²) in [6, 6.07) is 4.41. The molecule has 0 saturated carbocycles. The summed E-state index contributed by atoms with van der Waals surface area (Å²) in [5, 5.41) is 11.8. The molecular weight excluding hydrogens is 412 g/mol. The van der Waals surface area contributed by atoms with Gasteiger partial charge in [0, 0.05) is 44.2 Å². The molecule has 10 heteroatoms. The second kappa shape index (κ2) is 9.53. The molecule has 0 bridgehead atoms. The van der Waals surface area contributed by atoms with Crippen molar-refractivity contribution in [2.75, 3.05) is 55.6 Å². The number of benzene rings is 1. The van der Waals surface area contributed by atoms with Crippen molar-refractivity contribution < 1.29 is 18.3 Å². The zero-order valence-corrected chi connectivity index (χ0v) is 17.8. The molecule has 162 valence electrons. The molecule has 2 aliphatic rings. The smallest absolute Gasteiger partial charge is 0.414 e. The molecule has 7 nitrogen and oxygen atoms in total. The fraction of sp³-hybridized carbons (Fsp3) is 0.550. The van der Waals surface area contributed by atoms with E-state index in [0.717, 1.165) is 12.1 Å². The first-order chi connectivity index (χ1) is 14.3. The van der Waals surface area contributed by atoms with Crippen LogP contribution in [0.2, 0.25) is 0 Å². The van der Waals surface area contributed by atoms with Gasteiger partial charge in [-0.25, -0.2) is 13.6 Å². The first kappa shape index (κ1) is 22.2. The minimum absolute atomic E-state index is 0.108. The van der Waals surface area contributed by atoms with Gasteiger partial charge in [0.2, 0.25) is 0 Å². The van der Waals surface area contributed by atoms with Crippen LogP contribution in [0.25, 0.3) is 0 Å². The van der Waals surface area contributed by atoms with Gasteiger partial charge < -0.3 is 15.0 Å². The molecule has 1 amide bonds. The van der Waals surface area contributed by atoms with E-state index < -0.39 is 23.8 Å². The summed E-state index contributed by atoms with van der Waals surface area (Å²) in [6.45, 7) is 6.69. The number of hydrogen-bond acceptors (Lipinski definition) is 6. The highest BCUT2D eigenvalue weighted by atomic mass is 32.1. The number of carbonyl (C=O) groups excluding carboxylic acids is 1. The molecule has 2 heterocycles. The number of thiocarbonyl (C=S) groups is 1. The summed E-state index contributed by atoms with van der Waals surface area (Å²) >= 11 is 5.21. The minimum atomic E-state index is -0.728. The van der Waals surface area contributed by atoms with Gasteiger partial charge in [-0.05, 0) is 0 Å². The number of piperazine rings is 1. The van der Waals surface area contributed by atoms with Crippen molar-refractivity contribution in [2.24, 2.45) is 5.92 Å². The van der Waals surface area contributed by atoms with Gasteiger partial charge in [-0.3, -0.25) is 9.80 Å². The van der Waals surface area contributed by atoms with Gasteiger partial charge in [-0.15, -0.1) is 0 Å². The molecule has 2 fully saturated rings. The van der Waals surface area contributed by atoms with Crippen LogP contribution in [-0.2, 0) is 4.74 Å². The molecule has 0 radical (unpaired) electrons. The first-order valence-electron chi connectivity index (χ1n) is 9.89. The Balaban J connectivity index is 1.67. The molecule has 1 N–H and O–H groups in total. The Morgan fingerprint density at radius 1 is 1.30 bits per heavy atom. The van der Waals surface area contributed by atoms with E-state index in [9.17, 15) is 13.6 Å². The van der Waals surface area contributed by atoms with Crippen molar-refractivity contribution in [3.8, 4) is 6.07 Å². The summed E-state index contributed by atoms with van der Waals surface area (Å²) in [6.07, 6.45) is -1.11. The Labute approximate surface area is 180 Å². The van der Waals surface area contributed by atoms with E-state index in [1.54, 1.807) is 4.90 Å². The lowest BCUT2D eigenvalue weighted by molar-refractivity contribution is 0.143. The molecule has 2 aliphatic heterocycles. The van der Waals surface area contributed by atoms with Crippen molar-refractivity contribution in [2.45, 2.75) is 20.0 Å². The van der Waals surface area contributed by atoms with Gasteiger partial charge >= 0.3 is 6.09 Å². The van der Waals surface area contributed by atoms with Gasteiger partial charge in [0.15, 0.2) is 11.6 Å². The molecule has 0 aromatic heterocycles. The first-order valence-corrected chi connectivity index (χ1v) is 10.3. The molecule has 1 aromatic carbocycles. The van der Waals surface area contributed by atoms with Crippen molar-refractivity contribution >= 4 is 34.7 Å². The topological polar surface area (TPSA) is 71.8 Å². The fourth-order valence-corrected chi connectivity index (χ4v) is 3.58. The van der Waals surface area contributed by atoms with Crippen LogP contribution in [0.1, 0.15) is 13.8 Å². The summed E-state index contributed by atoms with van der Waals surface area (Å²) in [5.74, 6) is -1.28. The normalized spacial score (nSPS) is 19.7. The van der Waals surface area contributed by atoms with E-state index in [1.807, 2.05) is 18.7 Å². The van der Waals surface area contributed by atoms with Crippen LogP contribution in [0.3, 0.4) is 0 Å². The molecule has 30 heavy (non-hydrogen) atoms. The van der Waals surface area contributed by atoms with Crippen LogP contribution in [0.5, 0.6) is 0 Å². The zero-order valence-electron chi connectivity index (χ0n) is 17.0. The van der Waals surface area contributed by atoms with E-state index >= 15 is 0 Å². The van der Waals surface area contributed by atoms with E-state index in [4.69, 9.17) is 22.2 Å². The number of nitrogens with zero attached hydrogens (tertiary/aromatic N) is 4. The maximum atomic E-state index is 14.8. The van der Waals surface area contributed by atoms with Crippen molar-refractivity contribution in [1.29, 1.82) is 5.26 Å². The van der Waals surface area contributed by atoms with Crippen LogP contribution < -0.4 is 15.1 Å². The largest absolute Gasteiger partial charge is 0.442 e. The lowest BCUT2D eigenvalue weighted by Gasteiger charge is -2.35. The Kier molecular flexibility index (Phi) is 7.05. The van der Waals surface area contributed by atoms with Crippen LogP contribution in [0.15, 0.2) is 12.1 Å². The summed E-state index contributed by atoms with van der Waals surface area (Å²) in [4.78, 5) is 17.7. The quantitative estimate of drug-likeness (QED) is 0.542. The third kappa shape index (κ3) is 4.96. The molecule has 2 saturated heterocycles. The van der Waals surface area contributed by atoms with E-state index in [-0.39, 0.29) is 23.8 Å². The number of ether oxygens (including phenoxy) is 1. The number of halogens is 2. The van der Waals surface area contributed by atoms with Crippen LogP contribution >= 0.6 is 12.2 Å². The molecule has 3 rings (SSSR count). The van der Waals surface area contributed by atoms with Gasteiger partial charge in [0.05, 0.1) is 36.4 Å². The van der Waals surface area contributed by atoms with Gasteiger partial charge in [0.25, 0.3) is 0 Å². The number of nitrogens with one attached hydrogen (secondary N) is 1. The average Bonchev–Trinajstić information content (AvgIpc) is 3.07. The highest BCUT2D eigenvalue weighted by Crippen LogP contribution is 2.31. The van der Waals surface area contributed by atoms with Gasteiger partial charge in [-0.2, -0.15) is 5.26 Å². The third-order valence-corrected chi connectivity index (χ3v) is 5.81. The maximum Gasteiger partial charge on any atom is 0.414 e. The third-order valence-electron chi connectivity index (χ3n) is 5.20. The standard InChI is InChI=1S/C20H25F2N5O2S/c1-13(2)19(30)24-11-15-12-27(20(28)29-15)14-9-16(21)18(17(22)10-14)26-7-5-25(4-3-23)6-8-26/h9-10,13,15H,4-8,11-12H2,1-2H3,(H,24,30)/t15-/m0/s1. The predicted molar refractivity (Wildman–Crippen MR) is 114 cm³/mol. The van der Waals surface area contributed by atoms with E-state index in [1.165, 1.54) is 4.90 Å². The summed E-state index contributed by atoms with van der Waals surface area (Å²) in [5.41, 5.74) is 0.0132. The van der Waals surface area contributed by atoms with E-state index in [2.05, 4.69) is 11.4 Å². The lowest BCUT2D eigenvalue weighted by Crippen LogP contribution is -2.47. The molecule has 0 aliphatic carbocycles. The van der Waals surface area contributed by atoms with Crippen molar-refractivity contribution in [3.63, 3.8) is 0 Å². The Hall–Kier alpha value is -2.51. The minimum Gasteiger partial charge on any atom is -0.442 e. The Morgan fingerprint density at radius 2 is 1.93 bits per heavy atom. The number of rotatable bonds is 6. The predicted octanol–water partition coefficient (Wildman–Crippen LogP) is 2.51. The van der Waals surface area contributed by atoms with E-state index in [0.29, 0.717) is 44.3 Å². The van der Waals surface area contributed by atoms with Crippen molar-refractivity contribution in [3.05, 3.63) is 23.8 Å². The summed E-state index contributed by atoms with van der Waals surface area (Å²) < 4.78 is 34.9. The molecule has 0 unspecified atom stereocenters. The zero-order chi connectivity index (χ0) is 21.8. The maximum absolute atomic E-state index is 14.8. The lowest BCUT2D eigenvalue weighted by atomic mass is 10.2. The van der Waals surface area contributed by atoms with Crippen molar-refractivity contribution in [1.82, 2.24) is 10.2 Å². The number of cyclic esters (lactones) is 1. The number of hydrogen-bond donors (Lipinski definition) is 1. The second-order valence-electron chi connectivity index (χ2n) is 7.70. The second-order valence-corrected chi connectivity index (χ2v) is 8.14. The number of carbonyl (C=O) groups is 1. The highest BCUT2D eigenvalue weighted by Gasteiger charge is 2.34. The Morgan fingerprint density at radius 3 is 2.50 bits per heavy atom. The molecule has 1 aromatic rings. The molecule has 0 spiro atoms. The molecule has 1 atom stereocenters. The van der Waals surface area contributed by atoms with Crippen LogP contribution in [0.4, 0.5) is 25.0 Å². The number of anilines is 2. The SMILES string of the molecule is CC(C)C(=S)NC[C@H]1CN(c2cc(F)c(N3CCN(CC#N)CC3)c(F)c2)C(=O)O1. The summed E-state index contributed by atoms with van der Waals surface area (Å²) in [7, 11) is 0. The Bertz CT molecular complexity index is 829. The number of amides is 1. The average molecular weight is 438 g/mol. The highest BCUT2D eigenvalue weighted by molar-refractivity contribution is 7.80. The van der Waals surface area contributed by atoms with Gasteiger partial charge in [0.1, 0.15) is 11.8 Å². The monoisotopic (exact) mass is 437 g/mol. The van der Waals surface area contributed by atoms with Crippen LogP contribution in [0, 0.1) is 28.9 Å². The fourth-order valence-electron chi connectivity index (χ4n) is 3.50. The molecular formula is C20H25F2N5O2S.